The lowest BCUT2D eigenvalue weighted by molar-refractivity contribution is -0.139. The lowest BCUT2D eigenvalue weighted by Crippen LogP contribution is -2.08. The van der Waals surface area contributed by atoms with Gasteiger partial charge in [0.1, 0.15) is 18.2 Å². The summed E-state index contributed by atoms with van der Waals surface area (Å²) in [4.78, 5) is 13.5. The third-order valence-corrected chi connectivity index (χ3v) is 5.07. The van der Waals surface area contributed by atoms with Crippen LogP contribution >= 0.6 is 11.8 Å². The summed E-state index contributed by atoms with van der Waals surface area (Å²) in [6.45, 7) is 9.43. The lowest BCUT2D eigenvalue weighted by atomic mass is 10.1. The van der Waals surface area contributed by atoms with Crippen LogP contribution in [0.15, 0.2) is 40.8 Å². The highest BCUT2D eigenvalue weighted by Crippen LogP contribution is 2.20. The summed E-state index contributed by atoms with van der Waals surface area (Å²) >= 11 is 1.66. The molecule has 1 heterocycles. The molecule has 0 radical (unpaired) electrons. The van der Waals surface area contributed by atoms with Crippen LogP contribution in [0.2, 0.25) is 0 Å². The lowest BCUT2D eigenvalue weighted by Gasteiger charge is -2.12. The number of nitrogens with zero attached hydrogens (tertiary/aromatic N) is 2. The Morgan fingerprint density at radius 1 is 1.30 bits per heavy atom. The van der Waals surface area contributed by atoms with Crippen molar-refractivity contribution in [3.8, 4) is 6.07 Å². The second kappa shape index (κ2) is 9.48. The molecule has 1 aromatic carbocycles. The van der Waals surface area contributed by atoms with E-state index in [4.69, 9.17) is 4.74 Å². The minimum atomic E-state index is -0.597. The zero-order valence-corrected chi connectivity index (χ0v) is 17.4. The average molecular weight is 383 g/mol. The molecule has 0 unspecified atom stereocenters. The van der Waals surface area contributed by atoms with Gasteiger partial charge in [-0.25, -0.2) is 4.79 Å². The smallest absolute Gasteiger partial charge is 0.349 e. The maximum absolute atomic E-state index is 12.3. The molecule has 27 heavy (non-hydrogen) atoms. The highest BCUT2D eigenvalue weighted by molar-refractivity contribution is 7.98. The van der Waals surface area contributed by atoms with Gasteiger partial charge in [0.25, 0.3) is 0 Å². The van der Waals surface area contributed by atoms with Crippen LogP contribution in [0.25, 0.3) is 6.08 Å². The molecular weight excluding hydrogens is 356 g/mol. The fourth-order valence-electron chi connectivity index (χ4n) is 2.86. The summed E-state index contributed by atoms with van der Waals surface area (Å²) < 4.78 is 7.54. The number of rotatable bonds is 7. The van der Waals surface area contributed by atoms with Gasteiger partial charge in [-0.2, -0.15) is 5.26 Å². The maximum atomic E-state index is 12.3. The number of hydrogen-bond donors (Lipinski definition) is 0. The molecule has 0 N–H and O–H groups in total. The molecule has 0 aliphatic rings. The Morgan fingerprint density at radius 3 is 2.52 bits per heavy atom. The van der Waals surface area contributed by atoms with Gasteiger partial charge in [0.15, 0.2) is 0 Å². The van der Waals surface area contributed by atoms with Crippen LogP contribution < -0.4 is 0 Å². The van der Waals surface area contributed by atoms with Gasteiger partial charge in [-0.3, -0.25) is 0 Å². The largest absolute Gasteiger partial charge is 0.457 e. The first-order valence-electron chi connectivity index (χ1n) is 8.94. The van der Waals surface area contributed by atoms with Crippen LogP contribution in [0.1, 0.15) is 36.4 Å². The molecule has 0 atom stereocenters. The van der Waals surface area contributed by atoms with Crippen molar-refractivity contribution in [3.05, 3.63) is 58.4 Å². The predicted molar refractivity (Wildman–Crippen MR) is 110 cm³/mol. The number of nitriles is 1. The Morgan fingerprint density at radius 2 is 1.96 bits per heavy atom. The van der Waals surface area contributed by atoms with Crippen molar-refractivity contribution in [2.24, 2.45) is 5.92 Å². The standard InChI is InChI=1S/C22H26N2O2S/c1-15(2)13-24-16(3)10-19(17(24)4)11-20(12-23)22(25)26-14-18-6-8-21(27-5)9-7-18/h6-11,15H,13-14H2,1-5H3/b20-11+. The Labute approximate surface area is 165 Å². The molecule has 0 bridgehead atoms. The maximum Gasteiger partial charge on any atom is 0.349 e. The molecule has 0 saturated heterocycles. The quantitative estimate of drug-likeness (QED) is 0.288. The second-order valence-corrected chi connectivity index (χ2v) is 7.80. The van der Waals surface area contributed by atoms with E-state index in [1.165, 1.54) is 0 Å². The van der Waals surface area contributed by atoms with E-state index < -0.39 is 5.97 Å². The number of aryl methyl sites for hydroxylation is 1. The molecule has 0 aliphatic carbocycles. The molecule has 142 valence electrons. The van der Waals surface area contributed by atoms with Gasteiger partial charge in [0, 0.05) is 22.8 Å². The molecule has 0 fully saturated rings. The highest BCUT2D eigenvalue weighted by Gasteiger charge is 2.14. The van der Waals surface area contributed by atoms with Crippen molar-refractivity contribution in [2.45, 2.75) is 45.7 Å². The van der Waals surface area contributed by atoms with E-state index in [1.807, 2.05) is 56.5 Å². The van der Waals surface area contributed by atoms with Gasteiger partial charge in [-0.05, 0) is 61.4 Å². The van der Waals surface area contributed by atoms with Gasteiger partial charge in [-0.15, -0.1) is 11.8 Å². The number of hydrogen-bond acceptors (Lipinski definition) is 4. The number of aromatic nitrogens is 1. The van der Waals surface area contributed by atoms with Gasteiger partial charge >= 0.3 is 5.97 Å². The molecule has 0 spiro atoms. The van der Waals surface area contributed by atoms with Crippen LogP contribution in [-0.4, -0.2) is 16.8 Å². The van der Waals surface area contributed by atoms with E-state index in [0.29, 0.717) is 5.92 Å². The summed E-state index contributed by atoms with van der Waals surface area (Å²) in [5, 5.41) is 9.41. The molecular formula is C22H26N2O2S. The Bertz CT molecular complexity index is 871. The molecule has 5 heteroatoms. The average Bonchev–Trinajstić information content (AvgIpc) is 2.91. The zero-order valence-electron chi connectivity index (χ0n) is 16.6. The Balaban J connectivity index is 2.13. The first kappa shape index (κ1) is 20.9. The number of carbonyl (C=O) groups is 1. The SMILES string of the molecule is CSc1ccc(COC(=O)/C(C#N)=C/c2cc(C)n(CC(C)C)c2C)cc1. The van der Waals surface area contributed by atoms with E-state index in [2.05, 4.69) is 18.4 Å². The fraction of sp³-hybridized carbons (Fsp3) is 0.364. The van der Waals surface area contributed by atoms with Crippen LogP contribution in [0, 0.1) is 31.1 Å². The van der Waals surface area contributed by atoms with E-state index >= 15 is 0 Å². The summed E-state index contributed by atoms with van der Waals surface area (Å²) in [5.41, 5.74) is 3.96. The summed E-state index contributed by atoms with van der Waals surface area (Å²) in [5.74, 6) is -0.0790. The molecule has 2 rings (SSSR count). The van der Waals surface area contributed by atoms with Crippen LogP contribution in [0.5, 0.6) is 0 Å². The first-order chi connectivity index (χ1) is 12.8. The topological polar surface area (TPSA) is 55.0 Å². The summed E-state index contributed by atoms with van der Waals surface area (Å²) in [7, 11) is 0. The molecule has 1 aromatic heterocycles. The van der Waals surface area contributed by atoms with Gasteiger partial charge in [-0.1, -0.05) is 26.0 Å². The second-order valence-electron chi connectivity index (χ2n) is 6.92. The van der Waals surface area contributed by atoms with Crippen molar-refractivity contribution in [1.29, 1.82) is 5.26 Å². The number of esters is 1. The van der Waals surface area contributed by atoms with Gasteiger partial charge in [0.05, 0.1) is 0 Å². The molecule has 2 aromatic rings. The molecule has 0 saturated carbocycles. The van der Waals surface area contributed by atoms with Crippen molar-refractivity contribution < 1.29 is 9.53 Å². The molecule has 0 amide bonds. The molecule has 0 aliphatic heterocycles. The van der Waals surface area contributed by atoms with E-state index in [9.17, 15) is 10.1 Å². The predicted octanol–water partition coefficient (Wildman–Crippen LogP) is 5.13. The van der Waals surface area contributed by atoms with Crippen LogP contribution in [0.4, 0.5) is 0 Å². The van der Waals surface area contributed by atoms with Crippen molar-refractivity contribution in [3.63, 3.8) is 0 Å². The van der Waals surface area contributed by atoms with Gasteiger partial charge in [0.2, 0.25) is 0 Å². The van der Waals surface area contributed by atoms with Crippen molar-refractivity contribution >= 4 is 23.8 Å². The normalized spacial score (nSPS) is 11.5. The van der Waals surface area contributed by atoms with E-state index in [-0.39, 0.29) is 12.2 Å². The van der Waals surface area contributed by atoms with Crippen LogP contribution in [-0.2, 0) is 22.7 Å². The highest BCUT2D eigenvalue weighted by atomic mass is 32.2. The molecule has 4 nitrogen and oxygen atoms in total. The monoisotopic (exact) mass is 382 g/mol. The van der Waals surface area contributed by atoms with E-state index in [0.717, 1.165) is 34.0 Å². The van der Waals surface area contributed by atoms with Crippen molar-refractivity contribution in [2.75, 3.05) is 6.26 Å². The third-order valence-electron chi connectivity index (χ3n) is 4.33. The Hall–Kier alpha value is -2.45. The fourth-order valence-corrected chi connectivity index (χ4v) is 3.27. The number of benzene rings is 1. The summed E-state index contributed by atoms with van der Waals surface area (Å²) in [6.07, 6.45) is 3.63. The third kappa shape index (κ3) is 5.51. The van der Waals surface area contributed by atoms with Crippen molar-refractivity contribution in [1.82, 2.24) is 4.57 Å². The zero-order chi connectivity index (χ0) is 20.0. The minimum Gasteiger partial charge on any atom is -0.457 e. The number of carbonyl (C=O) groups excluding carboxylic acids is 1. The number of ether oxygens (including phenoxy) is 1. The minimum absolute atomic E-state index is 0.0144. The Kier molecular flexibility index (Phi) is 7.32. The van der Waals surface area contributed by atoms with Crippen LogP contribution in [0.3, 0.4) is 0 Å². The van der Waals surface area contributed by atoms with E-state index in [1.54, 1.807) is 17.8 Å². The van der Waals surface area contributed by atoms with Gasteiger partial charge < -0.3 is 9.30 Å². The number of thioether (sulfide) groups is 1. The first-order valence-corrected chi connectivity index (χ1v) is 10.2. The summed E-state index contributed by atoms with van der Waals surface area (Å²) in [6, 6.07) is 11.8.